The van der Waals surface area contributed by atoms with E-state index in [0.29, 0.717) is 17.7 Å². The number of hydrogen-bond donors (Lipinski definition) is 3. The molecule has 0 bridgehead atoms. The molecule has 1 heterocycles. The maximum absolute atomic E-state index is 13.5. The third kappa shape index (κ3) is 7.81. The molecule has 0 saturated heterocycles. The first-order chi connectivity index (χ1) is 20.1. The molecule has 0 aliphatic carbocycles. The van der Waals surface area contributed by atoms with E-state index in [-0.39, 0.29) is 11.7 Å². The molecule has 0 radical (unpaired) electrons. The first kappa shape index (κ1) is 30.0. The Labute approximate surface area is 245 Å². The molecule has 4 aromatic rings. The number of carbonyl (C=O) groups is 4. The Kier molecular flexibility index (Phi) is 9.70. The van der Waals surface area contributed by atoms with Crippen LogP contribution in [-0.4, -0.2) is 39.3 Å². The van der Waals surface area contributed by atoms with E-state index >= 15 is 0 Å². The van der Waals surface area contributed by atoms with Gasteiger partial charge in [-0.05, 0) is 71.8 Å². The second-order valence-corrected chi connectivity index (χ2v) is 10.7. The lowest BCUT2D eigenvalue weighted by atomic mass is 10.0. The van der Waals surface area contributed by atoms with Crippen LogP contribution in [0, 0.1) is 5.92 Å². The number of aromatic nitrogens is 1. The molecule has 0 aliphatic heterocycles. The molecule has 3 aromatic carbocycles. The number of amides is 2. The fourth-order valence-electron chi connectivity index (χ4n) is 4.75. The molecule has 42 heavy (non-hydrogen) atoms. The second kappa shape index (κ2) is 13.6. The first-order valence-corrected chi connectivity index (χ1v) is 13.9. The molecule has 4 rings (SSSR count). The van der Waals surface area contributed by atoms with Gasteiger partial charge in [-0.15, -0.1) is 0 Å². The molecular formula is C34H35N3O5. The largest absolute Gasteiger partial charge is 0.481 e. The van der Waals surface area contributed by atoms with Crippen molar-refractivity contribution in [3.63, 3.8) is 0 Å². The average molecular weight is 566 g/mol. The van der Waals surface area contributed by atoms with Crippen LogP contribution in [0.4, 0.5) is 5.69 Å². The summed E-state index contributed by atoms with van der Waals surface area (Å²) in [6.07, 6.45) is 3.34. The summed E-state index contributed by atoms with van der Waals surface area (Å²) in [5.74, 6) is -2.12. The zero-order chi connectivity index (χ0) is 30.2. The van der Waals surface area contributed by atoms with Crippen LogP contribution >= 0.6 is 0 Å². The highest BCUT2D eigenvalue weighted by atomic mass is 16.4. The number of rotatable bonds is 12. The van der Waals surface area contributed by atoms with Gasteiger partial charge in [0.1, 0.15) is 12.1 Å². The Morgan fingerprint density at radius 3 is 1.93 bits per heavy atom. The van der Waals surface area contributed by atoms with Crippen molar-refractivity contribution >= 4 is 29.3 Å². The lowest BCUT2D eigenvalue weighted by Gasteiger charge is -2.24. The number of anilines is 1. The predicted octanol–water partition coefficient (Wildman–Crippen LogP) is 6.21. The van der Waals surface area contributed by atoms with Crippen molar-refractivity contribution in [3.05, 3.63) is 103 Å². The fourth-order valence-corrected chi connectivity index (χ4v) is 4.75. The van der Waals surface area contributed by atoms with E-state index in [4.69, 9.17) is 0 Å². The van der Waals surface area contributed by atoms with E-state index < -0.39 is 36.3 Å². The smallest absolute Gasteiger partial charge is 0.306 e. The van der Waals surface area contributed by atoms with Crippen molar-refractivity contribution in [1.29, 1.82) is 0 Å². The quantitative estimate of drug-likeness (QED) is 0.177. The van der Waals surface area contributed by atoms with E-state index in [0.717, 1.165) is 22.3 Å². The summed E-state index contributed by atoms with van der Waals surface area (Å²) >= 11 is 0. The summed E-state index contributed by atoms with van der Waals surface area (Å²) < 4.78 is 1.58. The van der Waals surface area contributed by atoms with E-state index in [9.17, 15) is 24.3 Å². The molecule has 0 unspecified atom stereocenters. The maximum Gasteiger partial charge on any atom is 0.306 e. The van der Waals surface area contributed by atoms with Gasteiger partial charge in [-0.1, -0.05) is 68.4 Å². The number of hydrogen-bond acceptors (Lipinski definition) is 4. The molecular weight excluding hydrogens is 530 g/mol. The Morgan fingerprint density at radius 2 is 1.36 bits per heavy atom. The summed E-state index contributed by atoms with van der Waals surface area (Å²) in [7, 11) is 0. The second-order valence-electron chi connectivity index (χ2n) is 10.7. The fraction of sp³-hybridized carbons (Fsp3) is 0.235. The van der Waals surface area contributed by atoms with Crippen LogP contribution < -0.4 is 10.6 Å². The number of ketones is 1. The molecule has 1 aromatic heterocycles. The Hall–Kier alpha value is -4.98. The number of aliphatic carboxylic acids is 1. The van der Waals surface area contributed by atoms with Gasteiger partial charge in [-0.3, -0.25) is 19.2 Å². The van der Waals surface area contributed by atoms with Crippen LogP contribution in [0.1, 0.15) is 50.0 Å². The van der Waals surface area contributed by atoms with Gasteiger partial charge in [-0.25, -0.2) is 0 Å². The van der Waals surface area contributed by atoms with E-state index in [1.807, 2.05) is 74.5 Å². The lowest BCUT2D eigenvalue weighted by Crippen LogP contribution is -2.47. The minimum absolute atomic E-state index is 0.0797. The molecule has 8 heteroatoms. The number of benzene rings is 3. The predicted molar refractivity (Wildman–Crippen MR) is 163 cm³/mol. The van der Waals surface area contributed by atoms with Gasteiger partial charge in [0.15, 0.2) is 5.78 Å². The van der Waals surface area contributed by atoms with Crippen molar-refractivity contribution in [2.75, 3.05) is 5.32 Å². The van der Waals surface area contributed by atoms with Crippen molar-refractivity contribution in [2.24, 2.45) is 5.92 Å². The molecule has 0 aliphatic rings. The van der Waals surface area contributed by atoms with Gasteiger partial charge in [0, 0.05) is 23.6 Å². The molecule has 2 amide bonds. The summed E-state index contributed by atoms with van der Waals surface area (Å²) in [6.45, 7) is 5.33. The van der Waals surface area contributed by atoms with Crippen LogP contribution in [-0.2, 0) is 14.4 Å². The Bertz CT molecular complexity index is 1540. The monoisotopic (exact) mass is 565 g/mol. The SMILES string of the molecule is CC(=O)c1ccc(NC(=O)[C@H](CC(C)C)NC(=O)[C@@H](CC(=O)O)n2ccc(-c3ccc(-c4ccccc4)cc3)c2)cc1. The molecule has 0 spiro atoms. The van der Waals surface area contributed by atoms with Crippen LogP contribution in [0.2, 0.25) is 0 Å². The average Bonchev–Trinajstić information content (AvgIpc) is 3.46. The summed E-state index contributed by atoms with van der Waals surface area (Å²) in [6, 6.07) is 24.4. The number of carboxylic acids is 1. The van der Waals surface area contributed by atoms with E-state index in [1.165, 1.54) is 6.92 Å². The van der Waals surface area contributed by atoms with Crippen LogP contribution in [0.25, 0.3) is 22.3 Å². The number of nitrogens with one attached hydrogen (secondary N) is 2. The molecule has 3 N–H and O–H groups in total. The summed E-state index contributed by atoms with van der Waals surface area (Å²) in [4.78, 5) is 50.0. The highest BCUT2D eigenvalue weighted by Gasteiger charge is 2.29. The molecule has 216 valence electrons. The van der Waals surface area contributed by atoms with Gasteiger partial charge in [0.05, 0.1) is 6.42 Å². The van der Waals surface area contributed by atoms with Crippen LogP contribution in [0.5, 0.6) is 0 Å². The molecule has 0 saturated carbocycles. The molecule has 0 fully saturated rings. The third-order valence-electron chi connectivity index (χ3n) is 6.97. The number of carbonyl (C=O) groups excluding carboxylic acids is 3. The van der Waals surface area contributed by atoms with Gasteiger partial charge in [-0.2, -0.15) is 0 Å². The van der Waals surface area contributed by atoms with Crippen molar-refractivity contribution in [1.82, 2.24) is 9.88 Å². The topological polar surface area (TPSA) is 118 Å². The maximum atomic E-state index is 13.5. The van der Waals surface area contributed by atoms with Crippen LogP contribution in [0.15, 0.2) is 97.3 Å². The summed E-state index contributed by atoms with van der Waals surface area (Å²) in [5.41, 5.74) is 4.95. The normalized spacial score (nSPS) is 12.4. The van der Waals surface area contributed by atoms with Crippen molar-refractivity contribution in [2.45, 2.75) is 45.7 Å². The zero-order valence-corrected chi connectivity index (χ0v) is 23.9. The first-order valence-electron chi connectivity index (χ1n) is 13.9. The minimum Gasteiger partial charge on any atom is -0.481 e. The lowest BCUT2D eigenvalue weighted by molar-refractivity contribution is -0.141. The van der Waals surface area contributed by atoms with Gasteiger partial charge >= 0.3 is 5.97 Å². The van der Waals surface area contributed by atoms with E-state index in [1.54, 1.807) is 41.2 Å². The van der Waals surface area contributed by atoms with Gasteiger partial charge in [0.2, 0.25) is 11.8 Å². The molecule has 8 nitrogen and oxygen atoms in total. The Balaban J connectivity index is 1.51. The number of carboxylic acid groups (broad SMARTS) is 1. The zero-order valence-electron chi connectivity index (χ0n) is 23.9. The van der Waals surface area contributed by atoms with Crippen molar-refractivity contribution < 1.29 is 24.3 Å². The van der Waals surface area contributed by atoms with Gasteiger partial charge in [0.25, 0.3) is 0 Å². The summed E-state index contributed by atoms with van der Waals surface area (Å²) in [5, 5.41) is 15.2. The standard InChI is InChI=1S/C34H35N3O5/c1-22(2)19-30(33(41)35-29-15-13-24(14-16-29)23(3)38)36-34(42)31(20-32(39)40)37-18-17-28(21-37)27-11-9-26(10-12-27)25-7-5-4-6-8-25/h4-18,21-22,30-31H,19-20H2,1-3H3,(H,35,41)(H,36,42)(H,39,40)/t30-,31+/m0/s1. The minimum atomic E-state index is -1.13. The van der Waals surface area contributed by atoms with Crippen LogP contribution in [0.3, 0.4) is 0 Å². The highest BCUT2D eigenvalue weighted by Crippen LogP contribution is 2.27. The molecule has 2 atom stereocenters. The number of Topliss-reactive ketones (excluding diaryl/α,β-unsaturated/α-hetero) is 1. The van der Waals surface area contributed by atoms with E-state index in [2.05, 4.69) is 10.6 Å². The third-order valence-corrected chi connectivity index (χ3v) is 6.97. The van der Waals surface area contributed by atoms with Crippen molar-refractivity contribution in [3.8, 4) is 22.3 Å². The Morgan fingerprint density at radius 1 is 0.762 bits per heavy atom. The number of nitrogens with zero attached hydrogens (tertiary/aromatic N) is 1. The highest BCUT2D eigenvalue weighted by molar-refractivity contribution is 5.99. The van der Waals surface area contributed by atoms with Gasteiger partial charge < -0.3 is 20.3 Å².